The molecule has 0 spiro atoms. The van der Waals surface area contributed by atoms with Crippen molar-refractivity contribution in [1.82, 2.24) is 14.4 Å². The third kappa shape index (κ3) is 6.60. The van der Waals surface area contributed by atoms with E-state index in [9.17, 15) is 14.4 Å². The number of amides is 3. The molecule has 3 amide bonds. The Morgan fingerprint density at radius 3 is 1.85 bits per heavy atom. The summed E-state index contributed by atoms with van der Waals surface area (Å²) in [6, 6.07) is 42.6. The smallest absolute Gasteiger partial charge is 0.410 e. The molecule has 8 rings (SSSR count). The van der Waals surface area contributed by atoms with Crippen molar-refractivity contribution in [2.24, 2.45) is 7.05 Å². The quantitative estimate of drug-likeness (QED) is 0.174. The van der Waals surface area contributed by atoms with Crippen molar-refractivity contribution in [3.05, 3.63) is 173 Å². The van der Waals surface area contributed by atoms with Crippen LogP contribution in [-0.4, -0.2) is 45.4 Å². The minimum atomic E-state index is -0.422. The van der Waals surface area contributed by atoms with E-state index in [0.29, 0.717) is 49.5 Å². The number of carbonyl (C=O) groups is 3. The van der Waals surface area contributed by atoms with Gasteiger partial charge in [-0.05, 0) is 96.6 Å². The average Bonchev–Trinajstić information content (AvgIpc) is 3.50. The van der Waals surface area contributed by atoms with E-state index in [4.69, 9.17) is 4.74 Å². The lowest BCUT2D eigenvalue weighted by Crippen LogP contribution is -2.39. The molecule has 8 nitrogen and oxygen atoms in total. The highest BCUT2D eigenvalue weighted by Gasteiger charge is 2.31. The van der Waals surface area contributed by atoms with E-state index in [1.165, 1.54) is 5.56 Å². The fourth-order valence-electron chi connectivity index (χ4n) is 7.48. The SMILES string of the molecule is Cc1c(C(=O)N(c2ccccc2)c2ccccc2)cc(-c2cc3c(cc2C(=O)N2CCc4ccccc4C2)CN(C(=O)Oc2ccccc2)CC3)n1C. The molecule has 0 saturated carbocycles. The summed E-state index contributed by atoms with van der Waals surface area (Å²) in [5, 5.41) is 0. The van der Waals surface area contributed by atoms with Gasteiger partial charge < -0.3 is 19.1 Å². The Bertz CT molecular complexity index is 2280. The molecule has 0 radical (unpaired) electrons. The van der Waals surface area contributed by atoms with Crippen LogP contribution in [0.25, 0.3) is 11.3 Å². The lowest BCUT2D eigenvalue weighted by molar-refractivity contribution is 0.0735. The summed E-state index contributed by atoms with van der Waals surface area (Å²) in [7, 11) is 1.95. The van der Waals surface area contributed by atoms with Crippen molar-refractivity contribution in [3.63, 3.8) is 0 Å². The normalized spacial score (nSPS) is 13.5. The lowest BCUT2D eigenvalue weighted by atomic mass is 9.91. The Morgan fingerprint density at radius 2 is 1.17 bits per heavy atom. The zero-order valence-electron chi connectivity index (χ0n) is 29.9. The predicted octanol–water partition coefficient (Wildman–Crippen LogP) is 8.73. The van der Waals surface area contributed by atoms with Crippen LogP contribution >= 0.6 is 0 Å². The highest BCUT2D eigenvalue weighted by Crippen LogP contribution is 2.36. The monoisotopic (exact) mass is 700 g/mol. The first-order valence-electron chi connectivity index (χ1n) is 18.0. The highest BCUT2D eigenvalue weighted by atomic mass is 16.6. The van der Waals surface area contributed by atoms with Crippen LogP contribution in [0, 0.1) is 6.92 Å². The molecule has 0 saturated heterocycles. The summed E-state index contributed by atoms with van der Waals surface area (Å²) in [5.74, 6) is 0.249. The zero-order chi connectivity index (χ0) is 36.5. The first-order chi connectivity index (χ1) is 25.9. The summed E-state index contributed by atoms with van der Waals surface area (Å²) in [6.45, 7) is 3.86. The maximum Gasteiger partial charge on any atom is 0.415 e. The number of hydrogen-bond acceptors (Lipinski definition) is 4. The molecule has 0 aliphatic carbocycles. The molecule has 0 N–H and O–H groups in total. The van der Waals surface area contributed by atoms with E-state index in [1.807, 2.05) is 127 Å². The number of para-hydroxylation sites is 3. The Balaban J connectivity index is 1.19. The summed E-state index contributed by atoms with van der Waals surface area (Å²) >= 11 is 0. The van der Waals surface area contributed by atoms with Crippen LogP contribution in [0.15, 0.2) is 133 Å². The molecule has 0 bridgehead atoms. The number of fused-ring (bicyclic) bond motifs is 2. The summed E-state index contributed by atoms with van der Waals surface area (Å²) < 4.78 is 7.69. The van der Waals surface area contributed by atoms with Gasteiger partial charge in [0.15, 0.2) is 0 Å². The van der Waals surface area contributed by atoms with E-state index < -0.39 is 6.09 Å². The van der Waals surface area contributed by atoms with Crippen LogP contribution in [0.2, 0.25) is 0 Å². The van der Waals surface area contributed by atoms with Crippen molar-refractivity contribution in [1.29, 1.82) is 0 Å². The van der Waals surface area contributed by atoms with E-state index in [-0.39, 0.29) is 11.8 Å². The van der Waals surface area contributed by atoms with E-state index in [0.717, 1.165) is 51.4 Å². The fraction of sp³-hybridized carbons (Fsp3) is 0.178. The molecular formula is C45H40N4O4. The van der Waals surface area contributed by atoms with E-state index >= 15 is 0 Å². The van der Waals surface area contributed by atoms with Gasteiger partial charge in [-0.25, -0.2) is 4.79 Å². The standard InChI is InChI=1S/C45H40N4O4/c1-31-39(44(51)49(36-16-6-3-7-17-36)37-18-8-4-9-19-37)28-42(46(31)2)40-26-33-23-25-48(45(52)53-38-20-10-5-11-21-38)30-35(33)27-41(40)43(50)47-24-22-32-14-12-13-15-34(32)29-47/h3-21,26-28H,22-25,29-30H2,1-2H3. The van der Waals surface area contributed by atoms with Gasteiger partial charge in [-0.15, -0.1) is 0 Å². The molecule has 0 unspecified atom stereocenters. The number of benzene rings is 5. The highest BCUT2D eigenvalue weighted by molar-refractivity contribution is 6.12. The average molecular weight is 701 g/mol. The van der Waals surface area contributed by atoms with E-state index in [2.05, 4.69) is 18.2 Å². The minimum absolute atomic E-state index is 0.0804. The molecule has 2 aliphatic heterocycles. The van der Waals surface area contributed by atoms with Gasteiger partial charge >= 0.3 is 6.09 Å². The second-order valence-electron chi connectivity index (χ2n) is 13.7. The largest absolute Gasteiger partial charge is 0.415 e. The van der Waals surface area contributed by atoms with Gasteiger partial charge in [0.1, 0.15) is 5.75 Å². The minimum Gasteiger partial charge on any atom is -0.410 e. The van der Waals surface area contributed by atoms with Crippen molar-refractivity contribution in [2.45, 2.75) is 32.9 Å². The Morgan fingerprint density at radius 1 is 0.604 bits per heavy atom. The van der Waals surface area contributed by atoms with Crippen molar-refractivity contribution in [2.75, 3.05) is 18.0 Å². The number of rotatable bonds is 6. The van der Waals surface area contributed by atoms with Gasteiger partial charge in [-0.2, -0.15) is 0 Å². The number of carbonyl (C=O) groups excluding carboxylic acids is 3. The van der Waals surface area contributed by atoms with Gasteiger partial charge in [0.2, 0.25) is 0 Å². The molecule has 8 heteroatoms. The molecular weight excluding hydrogens is 661 g/mol. The molecule has 6 aromatic rings. The first kappa shape index (κ1) is 33.7. The zero-order valence-corrected chi connectivity index (χ0v) is 29.9. The molecule has 1 aromatic heterocycles. The van der Waals surface area contributed by atoms with Crippen LogP contribution in [-0.2, 0) is 33.0 Å². The molecule has 2 aliphatic rings. The third-order valence-electron chi connectivity index (χ3n) is 10.5. The number of hydrogen-bond donors (Lipinski definition) is 0. The number of ether oxygens (including phenoxy) is 1. The van der Waals surface area contributed by atoms with Crippen LogP contribution in [0.1, 0.15) is 48.7 Å². The number of anilines is 2. The Hall–Kier alpha value is -6.41. The van der Waals surface area contributed by atoms with Gasteiger partial charge in [0.05, 0.1) is 5.56 Å². The molecule has 5 aromatic carbocycles. The van der Waals surface area contributed by atoms with Gasteiger partial charge in [0, 0.05) is 67.1 Å². The molecule has 0 atom stereocenters. The van der Waals surface area contributed by atoms with Gasteiger partial charge in [-0.1, -0.05) is 78.9 Å². The second kappa shape index (κ2) is 14.3. The predicted molar refractivity (Wildman–Crippen MR) is 206 cm³/mol. The first-order valence-corrected chi connectivity index (χ1v) is 18.0. The van der Waals surface area contributed by atoms with Crippen molar-refractivity contribution in [3.8, 4) is 17.0 Å². The Kier molecular flexibility index (Phi) is 9.10. The molecule has 53 heavy (non-hydrogen) atoms. The third-order valence-corrected chi connectivity index (χ3v) is 10.5. The lowest BCUT2D eigenvalue weighted by Gasteiger charge is -2.32. The fourth-order valence-corrected chi connectivity index (χ4v) is 7.48. The molecule has 0 fully saturated rings. The summed E-state index contributed by atoms with van der Waals surface area (Å²) in [6.07, 6.45) is 0.954. The molecule has 264 valence electrons. The van der Waals surface area contributed by atoms with Crippen molar-refractivity contribution >= 4 is 29.3 Å². The molecule has 3 heterocycles. The topological polar surface area (TPSA) is 75.1 Å². The summed E-state index contributed by atoms with van der Waals surface area (Å²) in [5.41, 5.74) is 9.33. The Labute approximate surface area is 309 Å². The number of aromatic nitrogens is 1. The van der Waals surface area contributed by atoms with Crippen LogP contribution in [0.4, 0.5) is 16.2 Å². The van der Waals surface area contributed by atoms with E-state index in [1.54, 1.807) is 21.9 Å². The second-order valence-corrected chi connectivity index (χ2v) is 13.7. The van der Waals surface area contributed by atoms with Crippen LogP contribution < -0.4 is 9.64 Å². The number of nitrogens with zero attached hydrogens (tertiary/aromatic N) is 4. The van der Waals surface area contributed by atoms with Crippen molar-refractivity contribution < 1.29 is 19.1 Å². The van der Waals surface area contributed by atoms with Gasteiger partial charge in [0.25, 0.3) is 11.8 Å². The summed E-state index contributed by atoms with van der Waals surface area (Å²) in [4.78, 5) is 47.9. The maximum atomic E-state index is 14.7. The maximum absolute atomic E-state index is 14.7. The van der Waals surface area contributed by atoms with Gasteiger partial charge in [-0.3, -0.25) is 14.5 Å². The van der Waals surface area contributed by atoms with Crippen LogP contribution in [0.5, 0.6) is 5.75 Å². The van der Waals surface area contributed by atoms with Crippen LogP contribution in [0.3, 0.4) is 0 Å².